The van der Waals surface area contributed by atoms with Gasteiger partial charge < -0.3 is 5.11 Å². The molecule has 0 amide bonds. The number of aliphatic hydroxyl groups is 1. The Labute approximate surface area is 80.7 Å². The van der Waals surface area contributed by atoms with Gasteiger partial charge in [-0.1, -0.05) is 6.92 Å². The van der Waals surface area contributed by atoms with E-state index in [1.165, 1.54) is 11.8 Å². The first-order chi connectivity index (χ1) is 5.74. The van der Waals surface area contributed by atoms with E-state index in [2.05, 4.69) is 0 Å². The average Bonchev–Trinajstić information content (AvgIpc) is 1.98. The molecule has 0 bridgehead atoms. The molecule has 13 heavy (non-hydrogen) atoms. The molecule has 80 valence electrons. The molecule has 1 nitrogen and oxygen atoms in total. The smallest absolute Gasteiger partial charge is 0.381 e. The number of alkyl halides is 3. The largest absolute Gasteiger partial charge is 0.416 e. The zero-order valence-corrected chi connectivity index (χ0v) is 8.80. The van der Waals surface area contributed by atoms with Gasteiger partial charge in [-0.3, -0.25) is 0 Å². The Bertz CT molecular complexity index is 152. The quantitative estimate of drug-likeness (QED) is 0.779. The molecule has 0 saturated carbocycles. The van der Waals surface area contributed by atoms with Crippen molar-refractivity contribution in [2.75, 3.05) is 6.26 Å². The highest BCUT2D eigenvalue weighted by atomic mass is 32.2. The lowest BCUT2D eigenvalue weighted by atomic mass is 9.98. The molecule has 0 aliphatic heterocycles. The fourth-order valence-electron chi connectivity index (χ4n) is 0.953. The maximum absolute atomic E-state index is 12.2. The number of hydrogen-bond acceptors (Lipinski definition) is 2. The van der Waals surface area contributed by atoms with Crippen molar-refractivity contribution in [3.63, 3.8) is 0 Å². The van der Waals surface area contributed by atoms with Crippen LogP contribution in [0.15, 0.2) is 0 Å². The Kier molecular flexibility index (Phi) is 4.59. The van der Waals surface area contributed by atoms with E-state index < -0.39 is 11.8 Å². The molecule has 0 heterocycles. The first-order valence-electron chi connectivity index (χ1n) is 4.06. The summed E-state index contributed by atoms with van der Waals surface area (Å²) in [6.45, 7) is 2.64. The monoisotopic (exact) mass is 216 g/mol. The van der Waals surface area contributed by atoms with Gasteiger partial charge in [0.25, 0.3) is 0 Å². The highest BCUT2D eigenvalue weighted by molar-refractivity contribution is 7.99. The summed E-state index contributed by atoms with van der Waals surface area (Å²) >= 11 is 1.35. The molecule has 2 atom stereocenters. The van der Waals surface area contributed by atoms with Gasteiger partial charge >= 0.3 is 6.18 Å². The topological polar surface area (TPSA) is 20.2 Å². The molecular formula is C8H15F3OS. The van der Waals surface area contributed by atoms with E-state index in [0.29, 0.717) is 6.42 Å². The molecule has 0 aromatic rings. The van der Waals surface area contributed by atoms with E-state index in [4.69, 9.17) is 5.11 Å². The van der Waals surface area contributed by atoms with E-state index in [1.54, 1.807) is 6.26 Å². The minimum absolute atomic E-state index is 0.142. The minimum atomic E-state index is -4.53. The van der Waals surface area contributed by atoms with Crippen LogP contribution in [0.3, 0.4) is 0 Å². The lowest BCUT2D eigenvalue weighted by Crippen LogP contribution is -2.44. The number of hydrogen-bond donors (Lipinski definition) is 1. The highest BCUT2D eigenvalue weighted by Crippen LogP contribution is 2.36. The molecule has 0 radical (unpaired) electrons. The van der Waals surface area contributed by atoms with E-state index in [9.17, 15) is 13.2 Å². The Morgan fingerprint density at radius 2 is 1.85 bits per heavy atom. The highest BCUT2D eigenvalue weighted by Gasteiger charge is 2.50. The zero-order valence-electron chi connectivity index (χ0n) is 7.98. The van der Waals surface area contributed by atoms with Crippen LogP contribution >= 0.6 is 11.8 Å². The molecule has 0 aliphatic carbocycles. The van der Waals surface area contributed by atoms with Crippen molar-refractivity contribution >= 4 is 11.8 Å². The maximum atomic E-state index is 12.2. The Morgan fingerprint density at radius 1 is 1.38 bits per heavy atom. The Hall–Kier alpha value is 0.100. The predicted octanol–water partition coefficient (Wildman–Crippen LogP) is 2.83. The first kappa shape index (κ1) is 13.1. The SMILES string of the molecule is CCC(CC(C)(O)C(F)(F)F)SC. The molecule has 0 aliphatic rings. The predicted molar refractivity (Wildman–Crippen MR) is 48.9 cm³/mol. The van der Waals surface area contributed by atoms with Gasteiger partial charge in [0, 0.05) is 5.25 Å². The molecule has 0 saturated heterocycles. The van der Waals surface area contributed by atoms with Crippen molar-refractivity contribution in [1.29, 1.82) is 0 Å². The van der Waals surface area contributed by atoms with Crippen molar-refractivity contribution in [2.24, 2.45) is 0 Å². The van der Waals surface area contributed by atoms with Gasteiger partial charge in [-0.25, -0.2) is 0 Å². The van der Waals surface area contributed by atoms with Crippen LogP contribution in [0.25, 0.3) is 0 Å². The first-order valence-corrected chi connectivity index (χ1v) is 5.35. The summed E-state index contributed by atoms with van der Waals surface area (Å²) in [5.41, 5.74) is -2.56. The number of rotatable bonds is 4. The molecule has 0 rings (SSSR count). The van der Waals surface area contributed by atoms with Crippen LogP contribution in [-0.2, 0) is 0 Å². The summed E-state index contributed by atoms with van der Waals surface area (Å²) in [6.07, 6.45) is -2.39. The van der Waals surface area contributed by atoms with Crippen LogP contribution < -0.4 is 0 Å². The van der Waals surface area contributed by atoms with Crippen LogP contribution in [-0.4, -0.2) is 28.4 Å². The lowest BCUT2D eigenvalue weighted by molar-refractivity contribution is -0.254. The fourth-order valence-corrected chi connectivity index (χ4v) is 1.78. The number of halogens is 3. The standard InChI is InChI=1S/C8H15F3OS/c1-4-6(13-3)5-7(2,12)8(9,10)11/h6,12H,4-5H2,1-3H3. The Balaban J connectivity index is 4.31. The summed E-state index contributed by atoms with van der Waals surface area (Å²) in [7, 11) is 0. The maximum Gasteiger partial charge on any atom is 0.416 e. The third-order valence-electron chi connectivity index (χ3n) is 2.02. The van der Waals surface area contributed by atoms with Crippen LogP contribution in [0, 0.1) is 0 Å². The molecule has 0 fully saturated rings. The average molecular weight is 216 g/mol. The van der Waals surface area contributed by atoms with Gasteiger partial charge in [0.05, 0.1) is 0 Å². The fraction of sp³-hybridized carbons (Fsp3) is 1.00. The second-order valence-electron chi connectivity index (χ2n) is 3.24. The van der Waals surface area contributed by atoms with Crippen molar-refractivity contribution in [3.8, 4) is 0 Å². The minimum Gasteiger partial charge on any atom is -0.381 e. The summed E-state index contributed by atoms with van der Waals surface area (Å²) < 4.78 is 36.6. The van der Waals surface area contributed by atoms with Gasteiger partial charge in [-0.05, 0) is 26.0 Å². The van der Waals surface area contributed by atoms with E-state index in [0.717, 1.165) is 6.92 Å². The van der Waals surface area contributed by atoms with Crippen molar-refractivity contribution in [2.45, 2.75) is 43.7 Å². The van der Waals surface area contributed by atoms with Crippen molar-refractivity contribution in [3.05, 3.63) is 0 Å². The van der Waals surface area contributed by atoms with Crippen molar-refractivity contribution < 1.29 is 18.3 Å². The molecule has 5 heteroatoms. The van der Waals surface area contributed by atoms with Crippen molar-refractivity contribution in [1.82, 2.24) is 0 Å². The van der Waals surface area contributed by atoms with Gasteiger partial charge in [-0.15, -0.1) is 0 Å². The molecule has 0 spiro atoms. The molecular weight excluding hydrogens is 201 g/mol. The summed E-state index contributed by atoms with van der Waals surface area (Å²) in [4.78, 5) is 0. The second kappa shape index (κ2) is 4.55. The van der Waals surface area contributed by atoms with E-state index in [1.807, 2.05) is 6.92 Å². The van der Waals surface area contributed by atoms with E-state index >= 15 is 0 Å². The summed E-state index contributed by atoms with van der Waals surface area (Å²) in [6, 6.07) is 0. The number of thioether (sulfide) groups is 1. The Morgan fingerprint density at radius 3 is 2.08 bits per heavy atom. The summed E-state index contributed by atoms with van der Waals surface area (Å²) in [5.74, 6) is 0. The third kappa shape index (κ3) is 3.77. The van der Waals surface area contributed by atoms with Crippen LogP contribution in [0.1, 0.15) is 26.7 Å². The van der Waals surface area contributed by atoms with Gasteiger partial charge in [0.1, 0.15) is 0 Å². The molecule has 0 aromatic carbocycles. The molecule has 1 N–H and O–H groups in total. The summed E-state index contributed by atoms with van der Waals surface area (Å²) in [5, 5.41) is 9.00. The van der Waals surface area contributed by atoms with Crippen LogP contribution in [0.5, 0.6) is 0 Å². The van der Waals surface area contributed by atoms with E-state index in [-0.39, 0.29) is 11.7 Å². The van der Waals surface area contributed by atoms with Gasteiger partial charge in [0.15, 0.2) is 5.60 Å². The van der Waals surface area contributed by atoms with Crippen LogP contribution in [0.2, 0.25) is 0 Å². The normalized spacial score (nSPS) is 19.6. The zero-order chi connectivity index (χ0) is 10.7. The molecule has 2 unspecified atom stereocenters. The molecule has 0 aromatic heterocycles. The van der Waals surface area contributed by atoms with Crippen LogP contribution in [0.4, 0.5) is 13.2 Å². The second-order valence-corrected chi connectivity index (χ2v) is 4.38. The van der Waals surface area contributed by atoms with Gasteiger partial charge in [0.2, 0.25) is 0 Å². The third-order valence-corrected chi connectivity index (χ3v) is 3.19. The van der Waals surface area contributed by atoms with Gasteiger partial charge in [-0.2, -0.15) is 24.9 Å². The lowest BCUT2D eigenvalue weighted by Gasteiger charge is -2.29.